The van der Waals surface area contributed by atoms with E-state index >= 15 is 0 Å². The molecule has 1 unspecified atom stereocenters. The molecule has 30 heavy (non-hydrogen) atoms. The SMILES string of the molecule is O=C(NCCc1ccccn1)C1CCCN1C(=O)c1cc(-c2ccccc2Cl)on1. The summed E-state index contributed by atoms with van der Waals surface area (Å²) in [5.41, 5.74) is 1.74. The highest BCUT2D eigenvalue weighted by molar-refractivity contribution is 6.33. The van der Waals surface area contributed by atoms with Gasteiger partial charge in [-0.2, -0.15) is 0 Å². The zero-order chi connectivity index (χ0) is 20.9. The van der Waals surface area contributed by atoms with Crippen molar-refractivity contribution in [3.63, 3.8) is 0 Å². The molecular formula is C22H21ClN4O3. The second-order valence-corrected chi connectivity index (χ2v) is 7.48. The van der Waals surface area contributed by atoms with Crippen LogP contribution in [0.25, 0.3) is 11.3 Å². The van der Waals surface area contributed by atoms with Crippen LogP contribution in [0, 0.1) is 0 Å². The number of pyridine rings is 1. The van der Waals surface area contributed by atoms with E-state index < -0.39 is 6.04 Å². The highest BCUT2D eigenvalue weighted by atomic mass is 35.5. The van der Waals surface area contributed by atoms with Crippen LogP contribution in [-0.2, 0) is 11.2 Å². The molecule has 3 aromatic rings. The van der Waals surface area contributed by atoms with Gasteiger partial charge in [-0.1, -0.05) is 35.0 Å². The molecule has 0 spiro atoms. The van der Waals surface area contributed by atoms with Crippen LogP contribution < -0.4 is 5.32 Å². The summed E-state index contributed by atoms with van der Waals surface area (Å²) < 4.78 is 5.33. The van der Waals surface area contributed by atoms with Crippen LogP contribution in [0.1, 0.15) is 29.0 Å². The van der Waals surface area contributed by atoms with Gasteiger partial charge in [-0.05, 0) is 37.1 Å². The molecule has 1 fully saturated rings. The minimum Gasteiger partial charge on any atom is -0.355 e. The van der Waals surface area contributed by atoms with Crippen LogP contribution in [0.5, 0.6) is 0 Å². The van der Waals surface area contributed by atoms with Gasteiger partial charge in [-0.25, -0.2) is 0 Å². The molecule has 1 N–H and O–H groups in total. The number of nitrogens with one attached hydrogen (secondary N) is 1. The normalized spacial score (nSPS) is 15.9. The first-order valence-corrected chi connectivity index (χ1v) is 10.2. The van der Waals surface area contributed by atoms with E-state index in [1.807, 2.05) is 30.3 Å². The third-order valence-corrected chi connectivity index (χ3v) is 5.42. The van der Waals surface area contributed by atoms with E-state index in [0.29, 0.717) is 42.3 Å². The number of halogens is 1. The molecule has 154 valence electrons. The van der Waals surface area contributed by atoms with E-state index in [1.165, 1.54) is 0 Å². The fraction of sp³-hybridized carbons (Fsp3) is 0.273. The van der Waals surface area contributed by atoms with Crippen molar-refractivity contribution >= 4 is 23.4 Å². The molecule has 0 bridgehead atoms. The largest absolute Gasteiger partial charge is 0.355 e. The quantitative estimate of drug-likeness (QED) is 0.655. The molecule has 1 atom stereocenters. The number of hydrogen-bond acceptors (Lipinski definition) is 5. The molecule has 2 aromatic heterocycles. The summed E-state index contributed by atoms with van der Waals surface area (Å²) in [7, 11) is 0. The van der Waals surface area contributed by atoms with Crippen LogP contribution in [0.2, 0.25) is 5.02 Å². The molecule has 2 amide bonds. The Hall–Kier alpha value is -3.19. The lowest BCUT2D eigenvalue weighted by molar-refractivity contribution is -0.124. The van der Waals surface area contributed by atoms with Gasteiger partial charge in [0.2, 0.25) is 5.91 Å². The number of carbonyl (C=O) groups is 2. The van der Waals surface area contributed by atoms with Crippen molar-refractivity contribution < 1.29 is 14.1 Å². The first-order valence-electron chi connectivity index (χ1n) is 9.83. The molecule has 0 saturated carbocycles. The van der Waals surface area contributed by atoms with Crippen molar-refractivity contribution in [1.29, 1.82) is 0 Å². The number of aromatic nitrogens is 2. The van der Waals surface area contributed by atoms with Gasteiger partial charge in [-0.3, -0.25) is 14.6 Å². The van der Waals surface area contributed by atoms with Crippen molar-refractivity contribution in [2.45, 2.75) is 25.3 Å². The van der Waals surface area contributed by atoms with Gasteiger partial charge in [0.1, 0.15) is 6.04 Å². The fourth-order valence-electron chi connectivity index (χ4n) is 3.57. The Morgan fingerprint density at radius 1 is 1.20 bits per heavy atom. The van der Waals surface area contributed by atoms with Crippen molar-refractivity contribution in [2.75, 3.05) is 13.1 Å². The maximum atomic E-state index is 13.0. The van der Waals surface area contributed by atoms with Gasteiger partial charge < -0.3 is 14.7 Å². The third kappa shape index (κ3) is 4.36. The number of carbonyl (C=O) groups excluding carboxylic acids is 2. The van der Waals surface area contributed by atoms with E-state index in [0.717, 1.165) is 12.1 Å². The number of rotatable bonds is 6. The number of likely N-dealkylation sites (tertiary alicyclic amines) is 1. The van der Waals surface area contributed by atoms with Crippen molar-refractivity contribution in [2.24, 2.45) is 0 Å². The molecule has 7 nitrogen and oxygen atoms in total. The molecule has 1 saturated heterocycles. The Labute approximate surface area is 179 Å². The second-order valence-electron chi connectivity index (χ2n) is 7.07. The smallest absolute Gasteiger partial charge is 0.276 e. The summed E-state index contributed by atoms with van der Waals surface area (Å²) in [4.78, 5) is 31.4. The number of nitrogens with zero attached hydrogens (tertiary/aromatic N) is 3. The van der Waals surface area contributed by atoms with Gasteiger partial charge in [0.15, 0.2) is 11.5 Å². The minimum absolute atomic E-state index is 0.161. The van der Waals surface area contributed by atoms with Crippen LogP contribution in [0.3, 0.4) is 0 Å². The van der Waals surface area contributed by atoms with Crippen molar-refractivity contribution in [3.05, 3.63) is 71.1 Å². The van der Waals surface area contributed by atoms with Crippen molar-refractivity contribution in [1.82, 2.24) is 20.4 Å². The first-order chi connectivity index (χ1) is 14.6. The van der Waals surface area contributed by atoms with Gasteiger partial charge in [0.05, 0.1) is 5.02 Å². The lowest BCUT2D eigenvalue weighted by Gasteiger charge is -2.22. The monoisotopic (exact) mass is 424 g/mol. The van der Waals surface area contributed by atoms with Crippen LogP contribution in [0.15, 0.2) is 59.3 Å². The Morgan fingerprint density at radius 2 is 2.03 bits per heavy atom. The van der Waals surface area contributed by atoms with E-state index in [-0.39, 0.29) is 17.5 Å². The zero-order valence-electron chi connectivity index (χ0n) is 16.3. The maximum Gasteiger partial charge on any atom is 0.276 e. The summed E-state index contributed by atoms with van der Waals surface area (Å²) in [6.07, 6.45) is 3.75. The molecule has 1 aliphatic rings. The second kappa shape index (κ2) is 9.09. The Balaban J connectivity index is 1.40. The van der Waals surface area contributed by atoms with Crippen LogP contribution in [0.4, 0.5) is 0 Å². The molecule has 1 aromatic carbocycles. The Kier molecular flexibility index (Phi) is 6.09. The highest BCUT2D eigenvalue weighted by Gasteiger charge is 2.35. The van der Waals surface area contributed by atoms with Gasteiger partial charge in [0, 0.05) is 43.0 Å². The Bertz CT molecular complexity index is 1040. The molecule has 0 aliphatic carbocycles. The molecule has 1 aliphatic heterocycles. The van der Waals surface area contributed by atoms with E-state index in [2.05, 4.69) is 15.5 Å². The lowest BCUT2D eigenvalue weighted by Crippen LogP contribution is -2.46. The summed E-state index contributed by atoms with van der Waals surface area (Å²) in [5, 5.41) is 7.34. The fourth-order valence-corrected chi connectivity index (χ4v) is 3.80. The average Bonchev–Trinajstić information content (AvgIpc) is 3.44. The molecule has 4 rings (SSSR count). The van der Waals surface area contributed by atoms with E-state index in [4.69, 9.17) is 16.1 Å². The van der Waals surface area contributed by atoms with Crippen molar-refractivity contribution in [3.8, 4) is 11.3 Å². The molecular weight excluding hydrogens is 404 g/mol. The van der Waals surface area contributed by atoms with E-state index in [9.17, 15) is 9.59 Å². The number of amides is 2. The first kappa shape index (κ1) is 20.1. The summed E-state index contributed by atoms with van der Waals surface area (Å²) in [6.45, 7) is 0.973. The predicted molar refractivity (Wildman–Crippen MR) is 112 cm³/mol. The van der Waals surface area contributed by atoms with Crippen LogP contribution in [-0.4, -0.2) is 46.0 Å². The summed E-state index contributed by atoms with van der Waals surface area (Å²) in [6, 6.07) is 13.9. The topological polar surface area (TPSA) is 88.3 Å². The third-order valence-electron chi connectivity index (χ3n) is 5.09. The zero-order valence-corrected chi connectivity index (χ0v) is 17.0. The Morgan fingerprint density at radius 3 is 2.83 bits per heavy atom. The van der Waals surface area contributed by atoms with Crippen LogP contribution >= 0.6 is 11.6 Å². The highest BCUT2D eigenvalue weighted by Crippen LogP contribution is 2.29. The summed E-state index contributed by atoms with van der Waals surface area (Å²) in [5.74, 6) is -0.0643. The van der Waals surface area contributed by atoms with Gasteiger partial charge >= 0.3 is 0 Å². The average molecular weight is 425 g/mol. The lowest BCUT2D eigenvalue weighted by atomic mass is 10.1. The maximum absolute atomic E-state index is 13.0. The van der Waals surface area contributed by atoms with Gasteiger partial charge in [0.25, 0.3) is 5.91 Å². The standard InChI is InChI=1S/C22H21ClN4O3/c23-17-8-2-1-7-16(17)20-14-18(26-30-20)22(29)27-13-5-9-19(27)21(28)25-12-10-15-6-3-4-11-24-15/h1-4,6-8,11,14,19H,5,9-10,12-13H2,(H,25,28). The summed E-state index contributed by atoms with van der Waals surface area (Å²) >= 11 is 6.19. The predicted octanol–water partition coefficient (Wildman–Crippen LogP) is 3.35. The molecule has 3 heterocycles. The molecule has 8 heteroatoms. The minimum atomic E-state index is -0.512. The number of benzene rings is 1. The van der Waals surface area contributed by atoms with Gasteiger partial charge in [-0.15, -0.1) is 0 Å². The molecule has 0 radical (unpaired) electrons. The number of hydrogen-bond donors (Lipinski definition) is 1. The van der Waals surface area contributed by atoms with E-state index in [1.54, 1.807) is 29.3 Å².